The Morgan fingerprint density at radius 1 is 1.33 bits per heavy atom. The van der Waals surface area contributed by atoms with Crippen LogP contribution >= 0.6 is 0 Å². The van der Waals surface area contributed by atoms with Crippen molar-refractivity contribution in [2.45, 2.75) is 6.92 Å². The van der Waals surface area contributed by atoms with Gasteiger partial charge >= 0.3 is 0 Å². The molecule has 0 radical (unpaired) electrons. The van der Waals surface area contributed by atoms with E-state index in [1.807, 2.05) is 43.4 Å². The zero-order valence-corrected chi connectivity index (χ0v) is 8.66. The van der Waals surface area contributed by atoms with E-state index in [0.717, 1.165) is 22.0 Å². The van der Waals surface area contributed by atoms with Gasteiger partial charge in [0.2, 0.25) is 0 Å². The lowest BCUT2D eigenvalue weighted by atomic mass is 10.1. The molecule has 1 aromatic heterocycles. The molecule has 1 heterocycles. The summed E-state index contributed by atoms with van der Waals surface area (Å²) in [6.45, 7) is 5.74. The molecule has 1 nitrogen and oxygen atoms in total. The average molecular weight is 196 g/mol. The van der Waals surface area contributed by atoms with Crippen LogP contribution in [-0.2, 0) is 0 Å². The second kappa shape index (κ2) is 4.04. The summed E-state index contributed by atoms with van der Waals surface area (Å²) in [5, 5.41) is 1.09. The number of rotatable bonds is 2. The normalized spacial score (nSPS) is 13.1. The second-order valence-electron chi connectivity index (χ2n) is 3.20. The van der Waals surface area contributed by atoms with Crippen LogP contribution in [0.4, 0.5) is 0 Å². The van der Waals surface area contributed by atoms with E-state index in [2.05, 4.69) is 12.3 Å². The Bertz CT molecular complexity index is 588. The molecule has 0 N–H and O–H groups in total. The van der Waals surface area contributed by atoms with Gasteiger partial charge in [0.15, 0.2) is 0 Å². The lowest BCUT2D eigenvalue weighted by Crippen LogP contribution is -2.20. The lowest BCUT2D eigenvalue weighted by Gasteiger charge is -1.87. The van der Waals surface area contributed by atoms with E-state index in [9.17, 15) is 0 Å². The van der Waals surface area contributed by atoms with Crippen LogP contribution in [0.2, 0.25) is 0 Å². The van der Waals surface area contributed by atoms with Gasteiger partial charge in [-0.3, -0.25) is 0 Å². The Morgan fingerprint density at radius 2 is 2.13 bits per heavy atom. The Kier molecular flexibility index (Phi) is 2.57. The fourth-order valence-electron chi connectivity index (χ4n) is 1.59. The molecule has 0 fully saturated rings. The van der Waals surface area contributed by atoms with Crippen molar-refractivity contribution < 1.29 is 4.42 Å². The zero-order chi connectivity index (χ0) is 10.7. The predicted octanol–water partition coefficient (Wildman–Crippen LogP) is 2.24. The molecule has 1 heteroatoms. The molecule has 1 aromatic rings. The number of hydrogen-bond donors (Lipinski definition) is 0. The van der Waals surface area contributed by atoms with Crippen molar-refractivity contribution >= 4 is 24.3 Å². The van der Waals surface area contributed by atoms with Crippen molar-refractivity contribution in [1.29, 1.82) is 0 Å². The third-order valence-electron chi connectivity index (χ3n) is 2.24. The van der Waals surface area contributed by atoms with Gasteiger partial charge in [0.25, 0.3) is 0 Å². The molecule has 0 spiro atoms. The van der Waals surface area contributed by atoms with Gasteiger partial charge in [-0.15, -0.1) is 5.73 Å². The van der Waals surface area contributed by atoms with Crippen molar-refractivity contribution in [2.75, 3.05) is 0 Å². The smallest absolute Gasteiger partial charge is 0.136 e. The Labute approximate surface area is 88.7 Å². The molecule has 74 valence electrons. The highest BCUT2D eigenvalue weighted by Gasteiger charge is 2.05. The van der Waals surface area contributed by atoms with E-state index < -0.39 is 0 Å². The van der Waals surface area contributed by atoms with Crippen LogP contribution in [0.15, 0.2) is 35.0 Å². The number of furan rings is 1. The van der Waals surface area contributed by atoms with Crippen LogP contribution in [0.5, 0.6) is 0 Å². The molecule has 0 aliphatic heterocycles. The van der Waals surface area contributed by atoms with Crippen LogP contribution in [-0.4, -0.2) is 0 Å². The molecule has 0 atom stereocenters. The number of hydrogen-bond acceptors (Lipinski definition) is 1. The van der Waals surface area contributed by atoms with Crippen molar-refractivity contribution in [1.82, 2.24) is 0 Å². The van der Waals surface area contributed by atoms with Crippen LogP contribution < -0.4 is 10.6 Å². The highest BCUT2D eigenvalue weighted by molar-refractivity contribution is 5.64. The van der Waals surface area contributed by atoms with E-state index in [0.29, 0.717) is 0 Å². The summed E-state index contributed by atoms with van der Waals surface area (Å²) >= 11 is 0. The molecular weight excluding hydrogens is 184 g/mol. The highest BCUT2D eigenvalue weighted by atomic mass is 16.3. The number of fused-ring (bicyclic) bond motifs is 1. The first kappa shape index (κ1) is 9.57. The highest BCUT2D eigenvalue weighted by Crippen LogP contribution is 2.06. The van der Waals surface area contributed by atoms with E-state index >= 15 is 0 Å². The zero-order valence-electron chi connectivity index (χ0n) is 8.66. The molecular formula is C14H12O. The topological polar surface area (TPSA) is 13.1 Å². The fourth-order valence-corrected chi connectivity index (χ4v) is 1.59. The van der Waals surface area contributed by atoms with Gasteiger partial charge in [-0.1, -0.05) is 18.7 Å². The first-order valence-electron chi connectivity index (χ1n) is 4.88. The van der Waals surface area contributed by atoms with E-state index in [1.54, 1.807) is 6.08 Å². The lowest BCUT2D eigenvalue weighted by molar-refractivity contribution is 0.522. The van der Waals surface area contributed by atoms with Crippen molar-refractivity contribution in [3.8, 4) is 0 Å². The third-order valence-corrected chi connectivity index (χ3v) is 2.24. The molecule has 0 unspecified atom stereocenters. The third kappa shape index (κ3) is 1.65. The van der Waals surface area contributed by atoms with Gasteiger partial charge in [-0.05, 0) is 37.3 Å². The van der Waals surface area contributed by atoms with Gasteiger partial charge in [0, 0.05) is 10.8 Å². The van der Waals surface area contributed by atoms with Crippen molar-refractivity contribution in [2.24, 2.45) is 0 Å². The Morgan fingerprint density at radius 3 is 2.87 bits per heavy atom. The van der Waals surface area contributed by atoms with Crippen LogP contribution in [0, 0.1) is 0 Å². The van der Waals surface area contributed by atoms with Crippen molar-refractivity contribution in [3.05, 3.63) is 52.5 Å². The molecule has 2 rings (SSSR count). The standard InChI is InChI=1S/C14H12O/c1-3-8-11-12-9-6-5-7-10-14(12)15-13(11)4-2/h3-4,6-10H,2H2,1H3/b8-3-. The fraction of sp³-hybridized carbons (Fsp3) is 0.0714. The number of allylic oxidation sites excluding steroid dienone is 2. The summed E-state index contributed by atoms with van der Waals surface area (Å²) in [7, 11) is 0. The van der Waals surface area contributed by atoms with Gasteiger partial charge in [0.1, 0.15) is 11.2 Å². The summed E-state index contributed by atoms with van der Waals surface area (Å²) in [4.78, 5) is 0. The van der Waals surface area contributed by atoms with Crippen LogP contribution in [0.1, 0.15) is 18.2 Å². The molecule has 0 aromatic carbocycles. The first-order chi connectivity index (χ1) is 7.36. The maximum absolute atomic E-state index is 5.67. The molecule has 1 aliphatic carbocycles. The Hall–Kier alpha value is -1.98. The largest absolute Gasteiger partial charge is 0.456 e. The quantitative estimate of drug-likeness (QED) is 0.661. The van der Waals surface area contributed by atoms with E-state index in [-0.39, 0.29) is 0 Å². The summed E-state index contributed by atoms with van der Waals surface area (Å²) in [6, 6.07) is 0. The van der Waals surface area contributed by atoms with Gasteiger partial charge < -0.3 is 4.42 Å². The molecule has 15 heavy (non-hydrogen) atoms. The van der Waals surface area contributed by atoms with Gasteiger partial charge in [-0.25, -0.2) is 0 Å². The SMILES string of the molecule is C=Cc1oc2c(c1/C=C\C)=CC=C=CC=2. The summed E-state index contributed by atoms with van der Waals surface area (Å²) in [5.41, 5.74) is 4.95. The maximum atomic E-state index is 5.67. The average Bonchev–Trinajstić information content (AvgIpc) is 2.45. The molecule has 0 amide bonds. The first-order valence-corrected chi connectivity index (χ1v) is 4.88. The summed E-state index contributed by atoms with van der Waals surface area (Å²) < 4.78 is 5.67. The van der Waals surface area contributed by atoms with E-state index in [4.69, 9.17) is 4.42 Å². The molecule has 0 saturated carbocycles. The minimum atomic E-state index is 0.814. The van der Waals surface area contributed by atoms with Gasteiger partial charge in [0.05, 0.1) is 0 Å². The van der Waals surface area contributed by atoms with Crippen LogP contribution in [0.3, 0.4) is 0 Å². The second-order valence-corrected chi connectivity index (χ2v) is 3.20. The van der Waals surface area contributed by atoms with E-state index in [1.165, 1.54) is 0 Å². The van der Waals surface area contributed by atoms with Gasteiger partial charge in [-0.2, -0.15) is 0 Å². The summed E-state index contributed by atoms with van der Waals surface area (Å²) in [6.07, 6.45) is 13.4. The minimum absolute atomic E-state index is 0.814. The molecule has 1 aliphatic rings. The van der Waals surface area contributed by atoms with Crippen LogP contribution in [0.25, 0.3) is 24.3 Å². The summed E-state index contributed by atoms with van der Waals surface area (Å²) in [5.74, 6) is 0.814. The Balaban J connectivity index is 2.85. The maximum Gasteiger partial charge on any atom is 0.136 e. The molecule has 0 saturated heterocycles. The minimum Gasteiger partial charge on any atom is -0.456 e. The molecule has 0 bridgehead atoms. The monoisotopic (exact) mass is 196 g/mol. The predicted molar refractivity (Wildman–Crippen MR) is 64.3 cm³/mol. The van der Waals surface area contributed by atoms with Crippen molar-refractivity contribution in [3.63, 3.8) is 0 Å².